The molecule has 1 rings (SSSR count). The molecule has 100 valence electrons. The molecule has 0 aromatic heterocycles. The van der Waals surface area contributed by atoms with Crippen molar-refractivity contribution in [3.63, 3.8) is 0 Å². The van der Waals surface area contributed by atoms with E-state index in [1.807, 2.05) is 26.1 Å². The van der Waals surface area contributed by atoms with Gasteiger partial charge in [0, 0.05) is 18.2 Å². The lowest BCUT2D eigenvalue weighted by atomic mass is 10.2. The molecule has 1 amide bonds. The SMILES string of the molecule is CCCOc1cccc(C(=O)NCC(C)NC)c1. The van der Waals surface area contributed by atoms with Crippen molar-refractivity contribution >= 4 is 5.91 Å². The number of ether oxygens (including phenoxy) is 1. The third kappa shape index (κ3) is 4.75. The molecule has 1 aromatic rings. The summed E-state index contributed by atoms with van der Waals surface area (Å²) in [6.07, 6.45) is 0.954. The van der Waals surface area contributed by atoms with E-state index >= 15 is 0 Å². The highest BCUT2D eigenvalue weighted by molar-refractivity contribution is 5.94. The summed E-state index contributed by atoms with van der Waals surface area (Å²) in [5, 5.41) is 5.95. The molecule has 0 radical (unpaired) electrons. The number of benzene rings is 1. The number of amides is 1. The van der Waals surface area contributed by atoms with Crippen LogP contribution in [0.4, 0.5) is 0 Å². The first-order valence-electron chi connectivity index (χ1n) is 6.35. The summed E-state index contributed by atoms with van der Waals surface area (Å²) in [6, 6.07) is 7.52. The van der Waals surface area contributed by atoms with Crippen LogP contribution in [0.25, 0.3) is 0 Å². The monoisotopic (exact) mass is 250 g/mol. The second-order valence-electron chi connectivity index (χ2n) is 4.28. The molecule has 1 unspecified atom stereocenters. The maximum Gasteiger partial charge on any atom is 0.251 e. The van der Waals surface area contributed by atoms with Crippen LogP contribution >= 0.6 is 0 Å². The van der Waals surface area contributed by atoms with Crippen LogP contribution in [0.15, 0.2) is 24.3 Å². The number of likely N-dealkylation sites (N-methyl/N-ethyl adjacent to an activating group) is 1. The van der Waals surface area contributed by atoms with Crippen molar-refractivity contribution in [1.29, 1.82) is 0 Å². The van der Waals surface area contributed by atoms with Gasteiger partial charge in [0.1, 0.15) is 5.75 Å². The molecule has 0 aliphatic rings. The Kier molecular flexibility index (Phi) is 6.22. The molecule has 0 aliphatic heterocycles. The van der Waals surface area contributed by atoms with Gasteiger partial charge in [-0.05, 0) is 38.6 Å². The molecule has 0 bridgehead atoms. The van der Waals surface area contributed by atoms with Crippen molar-refractivity contribution in [2.45, 2.75) is 26.3 Å². The Labute approximate surface area is 109 Å². The first-order valence-corrected chi connectivity index (χ1v) is 6.35. The normalized spacial score (nSPS) is 11.9. The van der Waals surface area contributed by atoms with Crippen LogP contribution in [0.3, 0.4) is 0 Å². The maximum absolute atomic E-state index is 11.9. The van der Waals surface area contributed by atoms with Crippen LogP contribution in [0.5, 0.6) is 5.75 Å². The first kappa shape index (κ1) is 14.5. The molecule has 4 nitrogen and oxygen atoms in total. The summed E-state index contributed by atoms with van der Waals surface area (Å²) in [6.45, 7) is 5.34. The molecule has 1 aromatic carbocycles. The molecule has 0 heterocycles. The van der Waals surface area contributed by atoms with E-state index in [1.54, 1.807) is 12.1 Å². The van der Waals surface area contributed by atoms with Gasteiger partial charge in [0.15, 0.2) is 0 Å². The summed E-state index contributed by atoms with van der Waals surface area (Å²) < 4.78 is 5.50. The van der Waals surface area contributed by atoms with Crippen LogP contribution in [-0.4, -0.2) is 32.1 Å². The predicted octanol–water partition coefficient (Wildman–Crippen LogP) is 1.81. The lowest BCUT2D eigenvalue weighted by molar-refractivity contribution is 0.0950. The number of hydrogen-bond acceptors (Lipinski definition) is 3. The molecule has 0 saturated heterocycles. The predicted molar refractivity (Wildman–Crippen MR) is 73.1 cm³/mol. The maximum atomic E-state index is 11.9. The molecule has 0 aliphatic carbocycles. The zero-order valence-corrected chi connectivity index (χ0v) is 11.3. The summed E-state index contributed by atoms with van der Waals surface area (Å²) in [4.78, 5) is 11.9. The van der Waals surface area contributed by atoms with Gasteiger partial charge in [-0.1, -0.05) is 13.0 Å². The molecular formula is C14H22N2O2. The van der Waals surface area contributed by atoms with Crippen molar-refractivity contribution in [3.8, 4) is 5.75 Å². The highest BCUT2D eigenvalue weighted by atomic mass is 16.5. The number of carbonyl (C=O) groups excluding carboxylic acids is 1. The molecular weight excluding hydrogens is 228 g/mol. The highest BCUT2D eigenvalue weighted by Crippen LogP contribution is 2.13. The second kappa shape index (κ2) is 7.71. The summed E-state index contributed by atoms with van der Waals surface area (Å²) in [5.74, 6) is 0.671. The van der Waals surface area contributed by atoms with Gasteiger partial charge in [0.05, 0.1) is 6.61 Å². The minimum atomic E-state index is -0.0703. The summed E-state index contributed by atoms with van der Waals surface area (Å²) in [7, 11) is 1.87. The fourth-order valence-corrected chi connectivity index (χ4v) is 1.40. The smallest absolute Gasteiger partial charge is 0.251 e. The lowest BCUT2D eigenvalue weighted by Crippen LogP contribution is -2.37. The third-order valence-corrected chi connectivity index (χ3v) is 2.63. The van der Waals surface area contributed by atoms with Crippen molar-refractivity contribution in [3.05, 3.63) is 29.8 Å². The van der Waals surface area contributed by atoms with Crippen LogP contribution in [0, 0.1) is 0 Å². The minimum absolute atomic E-state index is 0.0703. The van der Waals surface area contributed by atoms with Crippen LogP contribution in [0.2, 0.25) is 0 Å². The number of carbonyl (C=O) groups is 1. The highest BCUT2D eigenvalue weighted by Gasteiger charge is 2.07. The van der Waals surface area contributed by atoms with Crippen molar-refractivity contribution < 1.29 is 9.53 Å². The van der Waals surface area contributed by atoms with E-state index < -0.39 is 0 Å². The fraction of sp³-hybridized carbons (Fsp3) is 0.500. The zero-order valence-electron chi connectivity index (χ0n) is 11.3. The van der Waals surface area contributed by atoms with E-state index in [-0.39, 0.29) is 11.9 Å². The van der Waals surface area contributed by atoms with E-state index in [4.69, 9.17) is 4.74 Å². The van der Waals surface area contributed by atoms with Gasteiger partial charge in [-0.2, -0.15) is 0 Å². The Balaban J connectivity index is 2.56. The number of nitrogens with one attached hydrogen (secondary N) is 2. The third-order valence-electron chi connectivity index (χ3n) is 2.63. The topological polar surface area (TPSA) is 50.4 Å². The van der Waals surface area contributed by atoms with Crippen LogP contribution in [-0.2, 0) is 0 Å². The standard InChI is InChI=1S/C14H22N2O2/c1-4-8-18-13-7-5-6-12(9-13)14(17)16-10-11(2)15-3/h5-7,9,11,15H,4,8,10H2,1-3H3,(H,16,17). The van der Waals surface area contributed by atoms with E-state index in [2.05, 4.69) is 17.6 Å². The lowest BCUT2D eigenvalue weighted by Gasteiger charge is -2.12. The molecule has 2 N–H and O–H groups in total. The van der Waals surface area contributed by atoms with E-state index in [0.717, 1.165) is 12.2 Å². The summed E-state index contributed by atoms with van der Waals surface area (Å²) in [5.41, 5.74) is 0.631. The minimum Gasteiger partial charge on any atom is -0.494 e. The molecule has 0 fully saturated rings. The largest absolute Gasteiger partial charge is 0.494 e. The molecule has 0 saturated carbocycles. The van der Waals surface area contributed by atoms with Gasteiger partial charge in [-0.3, -0.25) is 4.79 Å². The molecule has 1 atom stereocenters. The van der Waals surface area contributed by atoms with Gasteiger partial charge in [0.2, 0.25) is 0 Å². The van der Waals surface area contributed by atoms with E-state index in [0.29, 0.717) is 18.7 Å². The first-order chi connectivity index (χ1) is 8.67. The average molecular weight is 250 g/mol. The Morgan fingerprint density at radius 2 is 2.22 bits per heavy atom. The van der Waals surface area contributed by atoms with Gasteiger partial charge in [0.25, 0.3) is 5.91 Å². The van der Waals surface area contributed by atoms with E-state index in [9.17, 15) is 4.79 Å². The second-order valence-corrected chi connectivity index (χ2v) is 4.28. The Morgan fingerprint density at radius 3 is 2.89 bits per heavy atom. The van der Waals surface area contributed by atoms with E-state index in [1.165, 1.54) is 0 Å². The van der Waals surface area contributed by atoms with Crippen LogP contribution in [0.1, 0.15) is 30.6 Å². The quantitative estimate of drug-likeness (QED) is 0.776. The molecule has 0 spiro atoms. The van der Waals surface area contributed by atoms with Gasteiger partial charge in [-0.25, -0.2) is 0 Å². The average Bonchev–Trinajstić information content (AvgIpc) is 2.42. The van der Waals surface area contributed by atoms with Gasteiger partial charge < -0.3 is 15.4 Å². The molecule has 18 heavy (non-hydrogen) atoms. The van der Waals surface area contributed by atoms with Gasteiger partial charge >= 0.3 is 0 Å². The van der Waals surface area contributed by atoms with Crippen molar-refractivity contribution in [1.82, 2.24) is 10.6 Å². The van der Waals surface area contributed by atoms with Crippen molar-refractivity contribution in [2.75, 3.05) is 20.2 Å². The van der Waals surface area contributed by atoms with Crippen LogP contribution < -0.4 is 15.4 Å². The molecule has 4 heteroatoms. The fourth-order valence-electron chi connectivity index (χ4n) is 1.40. The number of rotatable bonds is 7. The zero-order chi connectivity index (χ0) is 13.4. The Hall–Kier alpha value is -1.55. The number of hydrogen-bond donors (Lipinski definition) is 2. The Bertz CT molecular complexity index is 380. The van der Waals surface area contributed by atoms with Gasteiger partial charge in [-0.15, -0.1) is 0 Å². The summed E-state index contributed by atoms with van der Waals surface area (Å²) >= 11 is 0. The Morgan fingerprint density at radius 1 is 1.44 bits per heavy atom. The van der Waals surface area contributed by atoms with Crippen molar-refractivity contribution in [2.24, 2.45) is 0 Å².